The van der Waals surface area contributed by atoms with Gasteiger partial charge in [-0.2, -0.15) is 0 Å². The normalized spacial score (nSPS) is 23.9. The molecule has 1 atom stereocenters. The molecule has 0 aromatic heterocycles. The van der Waals surface area contributed by atoms with Crippen LogP contribution in [0.3, 0.4) is 0 Å². The number of hydrogen-bond donors (Lipinski definition) is 1. The molecule has 1 unspecified atom stereocenters. The molecule has 3 nitrogen and oxygen atoms in total. The maximum absolute atomic E-state index is 6.13. The zero-order valence-electron chi connectivity index (χ0n) is 11.4. The van der Waals surface area contributed by atoms with Gasteiger partial charge >= 0.3 is 0 Å². The minimum atomic E-state index is 0.246. The molecule has 0 spiro atoms. The lowest BCUT2D eigenvalue weighted by Crippen LogP contribution is -2.43. The van der Waals surface area contributed by atoms with Crippen LogP contribution in [-0.4, -0.2) is 32.3 Å². The lowest BCUT2D eigenvalue weighted by molar-refractivity contribution is 0.208. The highest BCUT2D eigenvalue weighted by molar-refractivity contribution is 6.30. The van der Waals surface area contributed by atoms with Crippen molar-refractivity contribution in [2.45, 2.75) is 25.9 Å². The molecule has 0 amide bonds. The van der Waals surface area contributed by atoms with Crippen molar-refractivity contribution in [1.29, 1.82) is 0 Å². The molecule has 4 heteroatoms. The Morgan fingerprint density at radius 1 is 1.37 bits per heavy atom. The van der Waals surface area contributed by atoms with Crippen LogP contribution in [0.15, 0.2) is 18.2 Å². The van der Waals surface area contributed by atoms with E-state index in [0.29, 0.717) is 0 Å². The fraction of sp³-hybridized carbons (Fsp3) is 0.600. The molecule has 1 aromatic carbocycles. The number of fused-ring (bicyclic) bond motifs is 1. The Morgan fingerprint density at radius 2 is 2.16 bits per heavy atom. The Kier molecular flexibility index (Phi) is 3.85. The molecule has 19 heavy (non-hydrogen) atoms. The molecule has 2 heterocycles. The summed E-state index contributed by atoms with van der Waals surface area (Å²) in [6.45, 7) is 6.49. The number of nitrogens with one attached hydrogen (secondary N) is 1. The number of benzene rings is 1. The number of halogens is 1. The number of piperidine rings is 1. The summed E-state index contributed by atoms with van der Waals surface area (Å²) in [5.74, 6) is 1.75. The predicted molar refractivity (Wildman–Crippen MR) is 79.3 cm³/mol. The second kappa shape index (κ2) is 5.59. The zero-order valence-corrected chi connectivity index (χ0v) is 12.1. The van der Waals surface area contributed by atoms with Gasteiger partial charge in [0.25, 0.3) is 0 Å². The van der Waals surface area contributed by atoms with E-state index in [2.05, 4.69) is 17.1 Å². The largest absolute Gasteiger partial charge is 0.487 e. The van der Waals surface area contributed by atoms with Gasteiger partial charge in [-0.3, -0.25) is 0 Å². The van der Waals surface area contributed by atoms with Gasteiger partial charge in [-0.05, 0) is 57.0 Å². The van der Waals surface area contributed by atoms with Crippen LogP contribution in [0.25, 0.3) is 0 Å². The summed E-state index contributed by atoms with van der Waals surface area (Å²) in [7, 11) is 0. The summed E-state index contributed by atoms with van der Waals surface area (Å²) >= 11 is 6.13. The maximum atomic E-state index is 6.13. The summed E-state index contributed by atoms with van der Waals surface area (Å²) in [5, 5.41) is 4.21. The van der Waals surface area contributed by atoms with Crippen LogP contribution in [0.2, 0.25) is 5.02 Å². The number of rotatable bonds is 2. The predicted octanol–water partition coefficient (Wildman–Crippen LogP) is 2.93. The minimum Gasteiger partial charge on any atom is -0.487 e. The highest BCUT2D eigenvalue weighted by Gasteiger charge is 2.26. The van der Waals surface area contributed by atoms with Crippen molar-refractivity contribution < 1.29 is 4.74 Å². The van der Waals surface area contributed by atoms with E-state index in [-0.39, 0.29) is 6.10 Å². The first kappa shape index (κ1) is 13.1. The van der Waals surface area contributed by atoms with Crippen LogP contribution >= 0.6 is 11.6 Å². The Labute approximate surface area is 119 Å². The van der Waals surface area contributed by atoms with Crippen LogP contribution in [0.1, 0.15) is 19.8 Å². The summed E-state index contributed by atoms with van der Waals surface area (Å²) in [5.41, 5.74) is 1.16. The number of ether oxygens (including phenoxy) is 1. The molecule has 0 bridgehead atoms. The van der Waals surface area contributed by atoms with Crippen LogP contribution in [0.5, 0.6) is 5.75 Å². The van der Waals surface area contributed by atoms with E-state index in [1.54, 1.807) is 0 Å². The van der Waals surface area contributed by atoms with Gasteiger partial charge in [0.15, 0.2) is 0 Å². The summed E-state index contributed by atoms with van der Waals surface area (Å²) in [4.78, 5) is 2.45. The fourth-order valence-electron chi connectivity index (χ4n) is 3.05. The first-order valence-corrected chi connectivity index (χ1v) is 7.52. The summed E-state index contributed by atoms with van der Waals surface area (Å²) < 4.78 is 5.89. The van der Waals surface area contributed by atoms with Gasteiger partial charge in [-0.1, -0.05) is 11.6 Å². The molecule has 2 aliphatic heterocycles. The lowest BCUT2D eigenvalue weighted by atomic mass is 9.97. The molecular formula is C15H21ClN2O. The molecule has 0 saturated carbocycles. The number of hydrogen-bond acceptors (Lipinski definition) is 3. The van der Waals surface area contributed by atoms with Crippen LogP contribution in [0, 0.1) is 5.92 Å². The second-order valence-corrected chi connectivity index (χ2v) is 6.08. The average Bonchev–Trinajstić information content (AvgIpc) is 2.41. The second-order valence-electron chi connectivity index (χ2n) is 5.64. The van der Waals surface area contributed by atoms with Crippen molar-refractivity contribution in [1.82, 2.24) is 5.32 Å². The number of anilines is 1. The van der Waals surface area contributed by atoms with Crippen LogP contribution in [-0.2, 0) is 0 Å². The first-order chi connectivity index (χ1) is 9.22. The number of nitrogens with zero attached hydrogens (tertiary/aromatic N) is 1. The molecule has 104 valence electrons. The first-order valence-electron chi connectivity index (χ1n) is 7.14. The zero-order chi connectivity index (χ0) is 13.2. The molecule has 3 rings (SSSR count). The Bertz CT molecular complexity index is 446. The monoisotopic (exact) mass is 280 g/mol. The standard InChI is InChI=1S/C15H21ClN2O/c1-11-9-18(10-12-4-6-17-7-5-12)14-8-13(16)2-3-15(14)19-11/h2-3,8,11-12,17H,4-7,9-10H2,1H3. The average molecular weight is 281 g/mol. The van der Waals surface area contributed by atoms with E-state index in [1.165, 1.54) is 12.8 Å². The van der Waals surface area contributed by atoms with E-state index in [4.69, 9.17) is 16.3 Å². The van der Waals surface area contributed by atoms with Gasteiger partial charge in [-0.15, -0.1) is 0 Å². The highest BCUT2D eigenvalue weighted by Crippen LogP contribution is 2.36. The van der Waals surface area contributed by atoms with Crippen molar-refractivity contribution in [2.24, 2.45) is 5.92 Å². The van der Waals surface area contributed by atoms with Crippen LogP contribution in [0.4, 0.5) is 5.69 Å². The smallest absolute Gasteiger partial charge is 0.143 e. The van der Waals surface area contributed by atoms with Crippen molar-refractivity contribution in [3.8, 4) is 5.75 Å². The molecule has 2 aliphatic rings. The van der Waals surface area contributed by atoms with Crippen molar-refractivity contribution in [3.05, 3.63) is 23.2 Å². The Morgan fingerprint density at radius 3 is 2.95 bits per heavy atom. The van der Waals surface area contributed by atoms with Gasteiger partial charge in [-0.25, -0.2) is 0 Å². The summed E-state index contributed by atoms with van der Waals surface area (Å²) in [6, 6.07) is 5.92. The van der Waals surface area contributed by atoms with E-state index < -0.39 is 0 Å². The third-order valence-electron chi connectivity index (χ3n) is 4.00. The molecule has 1 N–H and O–H groups in total. The maximum Gasteiger partial charge on any atom is 0.143 e. The van der Waals surface area contributed by atoms with Gasteiger partial charge in [0.05, 0.1) is 12.2 Å². The van der Waals surface area contributed by atoms with Crippen molar-refractivity contribution in [3.63, 3.8) is 0 Å². The van der Waals surface area contributed by atoms with E-state index in [9.17, 15) is 0 Å². The van der Waals surface area contributed by atoms with E-state index in [0.717, 1.165) is 48.6 Å². The van der Waals surface area contributed by atoms with Gasteiger partial charge in [0, 0.05) is 11.6 Å². The third kappa shape index (κ3) is 2.98. The Hall–Kier alpha value is -0.930. The molecule has 1 saturated heterocycles. The fourth-order valence-corrected chi connectivity index (χ4v) is 3.22. The molecule has 1 aromatic rings. The van der Waals surface area contributed by atoms with Crippen molar-refractivity contribution >= 4 is 17.3 Å². The van der Waals surface area contributed by atoms with Gasteiger partial charge in [0.2, 0.25) is 0 Å². The lowest BCUT2D eigenvalue weighted by Gasteiger charge is -2.38. The summed E-state index contributed by atoms with van der Waals surface area (Å²) in [6.07, 6.45) is 2.78. The molecule has 0 aliphatic carbocycles. The molecule has 0 radical (unpaired) electrons. The minimum absolute atomic E-state index is 0.246. The highest BCUT2D eigenvalue weighted by atomic mass is 35.5. The van der Waals surface area contributed by atoms with Crippen molar-refractivity contribution in [2.75, 3.05) is 31.1 Å². The van der Waals surface area contributed by atoms with E-state index in [1.807, 2.05) is 18.2 Å². The quantitative estimate of drug-likeness (QED) is 0.901. The molecular weight excluding hydrogens is 260 g/mol. The molecule has 1 fully saturated rings. The van der Waals surface area contributed by atoms with Gasteiger partial charge in [0.1, 0.15) is 11.9 Å². The SMILES string of the molecule is CC1CN(CC2CCNCC2)c2cc(Cl)ccc2O1. The van der Waals surface area contributed by atoms with E-state index >= 15 is 0 Å². The van der Waals surface area contributed by atoms with Gasteiger partial charge < -0.3 is 15.0 Å². The topological polar surface area (TPSA) is 24.5 Å². The Balaban J connectivity index is 1.79. The van der Waals surface area contributed by atoms with Crippen LogP contribution < -0.4 is 15.0 Å². The third-order valence-corrected chi connectivity index (χ3v) is 4.24.